The zero-order valence-corrected chi connectivity index (χ0v) is 10.7. The van der Waals surface area contributed by atoms with E-state index in [0.717, 1.165) is 19.6 Å². The average Bonchev–Trinajstić information content (AvgIpc) is 2.21. The van der Waals surface area contributed by atoms with Crippen molar-refractivity contribution in [2.24, 2.45) is 0 Å². The summed E-state index contributed by atoms with van der Waals surface area (Å²) in [6, 6.07) is 1.13. The van der Waals surface area contributed by atoms with Crippen molar-refractivity contribution in [3.05, 3.63) is 0 Å². The molecular formula is C13H26N2. The summed E-state index contributed by atoms with van der Waals surface area (Å²) >= 11 is 0. The summed E-state index contributed by atoms with van der Waals surface area (Å²) in [4.78, 5) is 2.37. The fourth-order valence-electron chi connectivity index (χ4n) is 1.74. The van der Waals surface area contributed by atoms with E-state index < -0.39 is 0 Å². The molecule has 0 aliphatic rings. The van der Waals surface area contributed by atoms with E-state index in [4.69, 9.17) is 6.42 Å². The second-order valence-electron chi connectivity index (χ2n) is 4.27. The van der Waals surface area contributed by atoms with E-state index >= 15 is 0 Å². The van der Waals surface area contributed by atoms with Crippen LogP contribution in [0.4, 0.5) is 0 Å². The monoisotopic (exact) mass is 210 g/mol. The fraction of sp³-hybridized carbons (Fsp3) is 0.846. The van der Waals surface area contributed by atoms with Crippen molar-refractivity contribution < 1.29 is 0 Å². The molecule has 0 saturated heterocycles. The minimum absolute atomic E-state index is 0.550. The zero-order valence-electron chi connectivity index (χ0n) is 10.7. The smallest absolute Gasteiger partial charge is 0.0601 e. The van der Waals surface area contributed by atoms with Crippen molar-refractivity contribution in [2.45, 2.75) is 52.6 Å². The number of hydrogen-bond acceptors (Lipinski definition) is 2. The Balaban J connectivity index is 4.15. The normalized spacial score (nSPS) is 13.1. The Morgan fingerprint density at radius 2 is 2.00 bits per heavy atom. The standard InChI is InChI=1S/C13H26N2/c1-6-9-13(11-14-12(4)5)15(8-3)10-7-2/h2,12-14H,6,8-11H2,1,3-5H3. The summed E-state index contributed by atoms with van der Waals surface area (Å²) in [6.07, 6.45) is 7.81. The molecule has 0 fully saturated rings. The van der Waals surface area contributed by atoms with Crippen LogP contribution in [0.25, 0.3) is 0 Å². The van der Waals surface area contributed by atoms with Gasteiger partial charge in [-0.25, -0.2) is 0 Å². The van der Waals surface area contributed by atoms with E-state index in [-0.39, 0.29) is 0 Å². The van der Waals surface area contributed by atoms with Crippen LogP contribution in [0.2, 0.25) is 0 Å². The Labute approximate surface area is 95.4 Å². The molecule has 0 aliphatic carbocycles. The topological polar surface area (TPSA) is 15.3 Å². The van der Waals surface area contributed by atoms with Crippen molar-refractivity contribution in [2.75, 3.05) is 19.6 Å². The molecule has 0 amide bonds. The van der Waals surface area contributed by atoms with Gasteiger partial charge < -0.3 is 5.32 Å². The number of nitrogens with zero attached hydrogens (tertiary/aromatic N) is 1. The van der Waals surface area contributed by atoms with Crippen LogP contribution in [0.3, 0.4) is 0 Å². The molecule has 2 nitrogen and oxygen atoms in total. The third kappa shape index (κ3) is 6.54. The van der Waals surface area contributed by atoms with E-state index in [1.807, 2.05) is 0 Å². The molecule has 1 unspecified atom stereocenters. The summed E-state index contributed by atoms with van der Waals surface area (Å²) in [5, 5.41) is 3.49. The molecule has 1 N–H and O–H groups in total. The van der Waals surface area contributed by atoms with Crippen molar-refractivity contribution in [3.8, 4) is 12.3 Å². The molecule has 0 heterocycles. The van der Waals surface area contributed by atoms with E-state index in [2.05, 4.69) is 43.8 Å². The first-order chi connectivity index (χ1) is 7.15. The summed E-state index contributed by atoms with van der Waals surface area (Å²) in [5.74, 6) is 2.74. The van der Waals surface area contributed by atoms with Crippen LogP contribution < -0.4 is 5.32 Å². The molecule has 0 saturated carbocycles. The maximum atomic E-state index is 5.38. The molecule has 88 valence electrons. The third-order valence-electron chi connectivity index (χ3n) is 2.60. The minimum atomic E-state index is 0.550. The Hall–Kier alpha value is -0.520. The first kappa shape index (κ1) is 14.5. The summed E-state index contributed by atoms with van der Waals surface area (Å²) < 4.78 is 0. The van der Waals surface area contributed by atoms with Crippen molar-refractivity contribution in [1.29, 1.82) is 0 Å². The predicted octanol–water partition coefficient (Wildman–Crippen LogP) is 2.11. The summed E-state index contributed by atoms with van der Waals surface area (Å²) in [6.45, 7) is 11.6. The Kier molecular flexibility index (Phi) is 8.46. The van der Waals surface area contributed by atoms with Gasteiger partial charge >= 0.3 is 0 Å². The number of rotatable bonds is 8. The molecule has 0 aromatic heterocycles. The van der Waals surface area contributed by atoms with E-state index in [9.17, 15) is 0 Å². The molecule has 2 heteroatoms. The van der Waals surface area contributed by atoms with Crippen LogP contribution in [-0.4, -0.2) is 36.6 Å². The van der Waals surface area contributed by atoms with Crippen molar-refractivity contribution in [3.63, 3.8) is 0 Å². The Morgan fingerprint density at radius 3 is 2.40 bits per heavy atom. The fourth-order valence-corrected chi connectivity index (χ4v) is 1.74. The highest BCUT2D eigenvalue weighted by Crippen LogP contribution is 2.06. The first-order valence-electron chi connectivity index (χ1n) is 6.06. The predicted molar refractivity (Wildman–Crippen MR) is 67.9 cm³/mol. The average molecular weight is 210 g/mol. The van der Waals surface area contributed by atoms with E-state index in [1.54, 1.807) is 0 Å². The van der Waals surface area contributed by atoms with Crippen LogP contribution in [0.5, 0.6) is 0 Å². The maximum absolute atomic E-state index is 5.38. The van der Waals surface area contributed by atoms with Gasteiger partial charge in [0.1, 0.15) is 0 Å². The summed E-state index contributed by atoms with van der Waals surface area (Å²) in [5.41, 5.74) is 0. The van der Waals surface area contributed by atoms with Crippen LogP contribution in [0.1, 0.15) is 40.5 Å². The molecule has 0 bridgehead atoms. The lowest BCUT2D eigenvalue weighted by atomic mass is 10.1. The van der Waals surface area contributed by atoms with Crippen molar-refractivity contribution in [1.82, 2.24) is 10.2 Å². The van der Waals surface area contributed by atoms with Gasteiger partial charge in [0.05, 0.1) is 6.54 Å². The van der Waals surface area contributed by atoms with Gasteiger partial charge in [0.15, 0.2) is 0 Å². The summed E-state index contributed by atoms with van der Waals surface area (Å²) in [7, 11) is 0. The van der Waals surface area contributed by atoms with Crippen LogP contribution in [-0.2, 0) is 0 Å². The first-order valence-corrected chi connectivity index (χ1v) is 6.06. The van der Waals surface area contributed by atoms with E-state index in [0.29, 0.717) is 12.1 Å². The molecule has 0 rings (SSSR count). The molecule has 1 atom stereocenters. The van der Waals surface area contributed by atoms with Gasteiger partial charge in [-0.3, -0.25) is 4.90 Å². The molecule has 0 aromatic carbocycles. The lowest BCUT2D eigenvalue weighted by molar-refractivity contribution is 0.210. The lowest BCUT2D eigenvalue weighted by Gasteiger charge is -2.29. The van der Waals surface area contributed by atoms with Gasteiger partial charge in [-0.2, -0.15) is 0 Å². The van der Waals surface area contributed by atoms with Gasteiger partial charge in [-0.15, -0.1) is 6.42 Å². The number of hydrogen-bond donors (Lipinski definition) is 1. The largest absolute Gasteiger partial charge is 0.313 e. The highest BCUT2D eigenvalue weighted by Gasteiger charge is 2.15. The maximum Gasteiger partial charge on any atom is 0.0601 e. The quantitative estimate of drug-likeness (QED) is 0.617. The van der Waals surface area contributed by atoms with Gasteiger partial charge in [0.2, 0.25) is 0 Å². The molecule has 15 heavy (non-hydrogen) atoms. The molecule has 0 aromatic rings. The highest BCUT2D eigenvalue weighted by molar-refractivity contribution is 4.90. The third-order valence-corrected chi connectivity index (χ3v) is 2.60. The minimum Gasteiger partial charge on any atom is -0.313 e. The van der Waals surface area contributed by atoms with Crippen LogP contribution in [0.15, 0.2) is 0 Å². The lowest BCUT2D eigenvalue weighted by Crippen LogP contribution is -2.44. The second kappa shape index (κ2) is 8.76. The Morgan fingerprint density at radius 1 is 1.33 bits per heavy atom. The molecule has 0 radical (unpaired) electrons. The van der Waals surface area contributed by atoms with Crippen molar-refractivity contribution >= 4 is 0 Å². The van der Waals surface area contributed by atoms with Gasteiger partial charge in [0.25, 0.3) is 0 Å². The molecular weight excluding hydrogens is 184 g/mol. The van der Waals surface area contributed by atoms with Crippen LogP contribution in [0, 0.1) is 12.3 Å². The van der Waals surface area contributed by atoms with E-state index in [1.165, 1.54) is 12.8 Å². The highest BCUT2D eigenvalue weighted by atomic mass is 15.2. The Bertz CT molecular complexity index is 181. The number of likely N-dealkylation sites (N-methyl/N-ethyl adjacent to an activating group) is 1. The molecule has 0 aliphatic heterocycles. The number of nitrogens with one attached hydrogen (secondary N) is 1. The van der Waals surface area contributed by atoms with Gasteiger partial charge in [-0.05, 0) is 13.0 Å². The van der Waals surface area contributed by atoms with Gasteiger partial charge in [-0.1, -0.05) is 40.0 Å². The van der Waals surface area contributed by atoms with Gasteiger partial charge in [0, 0.05) is 18.6 Å². The molecule has 0 spiro atoms. The SMILES string of the molecule is C#CCN(CC)C(CCC)CNC(C)C. The van der Waals surface area contributed by atoms with Crippen LogP contribution >= 0.6 is 0 Å². The second-order valence-corrected chi connectivity index (χ2v) is 4.27. The number of terminal acetylenes is 1. The zero-order chi connectivity index (χ0) is 11.7.